The van der Waals surface area contributed by atoms with E-state index in [2.05, 4.69) is 15.1 Å². The van der Waals surface area contributed by atoms with Gasteiger partial charge in [-0.15, -0.1) is 0 Å². The summed E-state index contributed by atoms with van der Waals surface area (Å²) in [6.07, 6.45) is 3.90. The minimum Gasteiger partial charge on any atom is -0.368 e. The molecule has 0 atom stereocenters. The van der Waals surface area contributed by atoms with Crippen LogP contribution in [0.2, 0.25) is 0 Å². The van der Waals surface area contributed by atoms with Gasteiger partial charge in [-0.3, -0.25) is 4.79 Å². The molecule has 7 nitrogen and oxygen atoms in total. The van der Waals surface area contributed by atoms with Crippen molar-refractivity contribution in [2.24, 2.45) is 0 Å². The monoisotopic (exact) mass is 259 g/mol. The van der Waals surface area contributed by atoms with Gasteiger partial charge in [-0.1, -0.05) is 5.16 Å². The molecule has 0 saturated carbocycles. The number of aryl methyl sites for hydroxylation is 1. The van der Waals surface area contributed by atoms with Crippen LogP contribution in [0.5, 0.6) is 0 Å². The maximum atomic E-state index is 12.3. The minimum atomic E-state index is -0.0958. The second kappa shape index (κ2) is 4.34. The van der Waals surface area contributed by atoms with E-state index in [9.17, 15) is 4.79 Å². The van der Waals surface area contributed by atoms with Crippen LogP contribution in [-0.2, 0) is 13.0 Å². The van der Waals surface area contributed by atoms with E-state index >= 15 is 0 Å². The lowest BCUT2D eigenvalue weighted by molar-refractivity contribution is 0.0730. The smallest absolute Gasteiger partial charge is 0.259 e. The fourth-order valence-corrected chi connectivity index (χ4v) is 2.17. The number of fused-ring (bicyclic) bond motifs is 1. The number of nitrogen functional groups attached to an aromatic ring is 1. The number of nitrogens with zero attached hydrogens (tertiary/aromatic N) is 4. The SMILES string of the molecule is Cc1oncc1C(=O)N1CCc2cnc(N)nc2C1. The Kier molecular flexibility index (Phi) is 2.66. The van der Waals surface area contributed by atoms with Gasteiger partial charge in [-0.25, -0.2) is 9.97 Å². The highest BCUT2D eigenvalue weighted by atomic mass is 16.5. The van der Waals surface area contributed by atoms with E-state index in [0.29, 0.717) is 24.4 Å². The van der Waals surface area contributed by atoms with Crippen molar-refractivity contribution in [2.75, 3.05) is 12.3 Å². The van der Waals surface area contributed by atoms with Crippen molar-refractivity contribution in [1.29, 1.82) is 0 Å². The predicted molar refractivity (Wildman–Crippen MR) is 66.1 cm³/mol. The van der Waals surface area contributed by atoms with Crippen LogP contribution in [0.1, 0.15) is 27.4 Å². The standard InChI is InChI=1S/C12H13N5O2/c1-7-9(5-15-19-7)11(18)17-3-2-8-4-14-12(13)16-10(8)6-17/h4-5H,2-3,6H2,1H3,(H2,13,14,16). The lowest BCUT2D eigenvalue weighted by Gasteiger charge is -2.27. The average molecular weight is 259 g/mol. The second-order valence-electron chi connectivity index (χ2n) is 4.47. The summed E-state index contributed by atoms with van der Waals surface area (Å²) in [7, 11) is 0. The maximum absolute atomic E-state index is 12.3. The number of carbonyl (C=O) groups is 1. The Balaban J connectivity index is 1.86. The highest BCUT2D eigenvalue weighted by Gasteiger charge is 2.25. The summed E-state index contributed by atoms with van der Waals surface area (Å²) in [5, 5.41) is 3.63. The third-order valence-electron chi connectivity index (χ3n) is 3.23. The van der Waals surface area contributed by atoms with Crippen molar-refractivity contribution in [2.45, 2.75) is 19.9 Å². The van der Waals surface area contributed by atoms with Crippen LogP contribution in [0.3, 0.4) is 0 Å². The van der Waals surface area contributed by atoms with Crippen molar-refractivity contribution in [3.8, 4) is 0 Å². The van der Waals surface area contributed by atoms with Gasteiger partial charge in [0.2, 0.25) is 5.95 Å². The molecular weight excluding hydrogens is 246 g/mol. The van der Waals surface area contributed by atoms with E-state index in [1.54, 1.807) is 18.0 Å². The topological polar surface area (TPSA) is 98.1 Å². The molecule has 0 spiro atoms. The number of anilines is 1. The zero-order valence-electron chi connectivity index (χ0n) is 10.5. The Bertz CT molecular complexity index is 637. The van der Waals surface area contributed by atoms with Crippen molar-refractivity contribution in [1.82, 2.24) is 20.0 Å². The molecule has 3 heterocycles. The normalized spacial score (nSPS) is 14.3. The molecule has 2 N–H and O–H groups in total. The molecule has 2 aromatic rings. The summed E-state index contributed by atoms with van der Waals surface area (Å²) in [5.74, 6) is 0.661. The molecule has 98 valence electrons. The van der Waals surface area contributed by atoms with Gasteiger partial charge >= 0.3 is 0 Å². The van der Waals surface area contributed by atoms with Crippen LogP contribution < -0.4 is 5.73 Å². The number of carbonyl (C=O) groups excluding carboxylic acids is 1. The predicted octanol–water partition coefficient (Wildman–Crippen LogP) is 0.554. The lowest BCUT2D eigenvalue weighted by Crippen LogP contribution is -2.36. The summed E-state index contributed by atoms with van der Waals surface area (Å²) >= 11 is 0. The van der Waals surface area contributed by atoms with Gasteiger partial charge in [0.1, 0.15) is 11.3 Å². The zero-order valence-corrected chi connectivity index (χ0v) is 10.5. The van der Waals surface area contributed by atoms with Crippen molar-refractivity contribution in [3.63, 3.8) is 0 Å². The molecular formula is C12H13N5O2. The van der Waals surface area contributed by atoms with Crippen LogP contribution in [0.4, 0.5) is 5.95 Å². The largest absolute Gasteiger partial charge is 0.368 e. The number of hydrogen-bond acceptors (Lipinski definition) is 6. The third kappa shape index (κ3) is 2.03. The molecule has 0 aliphatic carbocycles. The van der Waals surface area contributed by atoms with Gasteiger partial charge < -0.3 is 15.2 Å². The van der Waals surface area contributed by atoms with Gasteiger partial charge in [-0.05, 0) is 18.9 Å². The molecule has 1 amide bonds. The molecule has 0 fully saturated rings. The first-order valence-corrected chi connectivity index (χ1v) is 5.96. The molecule has 2 aromatic heterocycles. The number of amides is 1. The molecule has 0 unspecified atom stereocenters. The minimum absolute atomic E-state index is 0.0958. The van der Waals surface area contributed by atoms with E-state index in [0.717, 1.165) is 17.7 Å². The van der Waals surface area contributed by atoms with Gasteiger partial charge in [0, 0.05) is 12.7 Å². The Morgan fingerprint density at radius 1 is 1.47 bits per heavy atom. The summed E-state index contributed by atoms with van der Waals surface area (Å²) in [6.45, 7) is 2.79. The molecule has 0 saturated heterocycles. The molecule has 0 radical (unpaired) electrons. The highest BCUT2D eigenvalue weighted by Crippen LogP contribution is 2.19. The van der Waals surface area contributed by atoms with Gasteiger partial charge in [0.25, 0.3) is 5.91 Å². The molecule has 7 heteroatoms. The second-order valence-corrected chi connectivity index (χ2v) is 4.47. The summed E-state index contributed by atoms with van der Waals surface area (Å²) in [5.41, 5.74) is 7.91. The number of aromatic nitrogens is 3. The highest BCUT2D eigenvalue weighted by molar-refractivity contribution is 5.94. The number of hydrogen-bond donors (Lipinski definition) is 1. The van der Waals surface area contributed by atoms with Gasteiger partial charge in [0.05, 0.1) is 18.4 Å². The number of rotatable bonds is 1. The van der Waals surface area contributed by atoms with E-state index in [1.165, 1.54) is 6.20 Å². The Morgan fingerprint density at radius 2 is 2.32 bits per heavy atom. The van der Waals surface area contributed by atoms with E-state index in [1.807, 2.05) is 0 Å². The van der Waals surface area contributed by atoms with Gasteiger partial charge in [0.15, 0.2) is 0 Å². The summed E-state index contributed by atoms with van der Waals surface area (Å²) in [4.78, 5) is 22.2. The fraction of sp³-hybridized carbons (Fsp3) is 0.333. The molecule has 1 aliphatic heterocycles. The maximum Gasteiger partial charge on any atom is 0.259 e. The number of nitrogens with two attached hydrogens (primary N) is 1. The average Bonchev–Trinajstić information content (AvgIpc) is 2.83. The van der Waals surface area contributed by atoms with E-state index in [4.69, 9.17) is 10.3 Å². The zero-order chi connectivity index (χ0) is 13.4. The quantitative estimate of drug-likeness (QED) is 0.803. The van der Waals surface area contributed by atoms with E-state index in [-0.39, 0.29) is 11.9 Å². The van der Waals surface area contributed by atoms with E-state index < -0.39 is 0 Å². The molecule has 0 bridgehead atoms. The summed E-state index contributed by atoms with van der Waals surface area (Å²) in [6, 6.07) is 0. The van der Waals surface area contributed by atoms with Gasteiger partial charge in [-0.2, -0.15) is 0 Å². The van der Waals surface area contributed by atoms with Crippen LogP contribution >= 0.6 is 0 Å². The molecule has 0 aromatic carbocycles. The third-order valence-corrected chi connectivity index (χ3v) is 3.23. The first kappa shape index (κ1) is 11.6. The summed E-state index contributed by atoms with van der Waals surface area (Å²) < 4.78 is 4.92. The van der Waals surface area contributed by atoms with Crippen LogP contribution in [0.15, 0.2) is 16.9 Å². The molecule has 1 aliphatic rings. The Hall–Kier alpha value is -2.44. The molecule has 3 rings (SSSR count). The van der Waals surface area contributed by atoms with Crippen molar-refractivity contribution >= 4 is 11.9 Å². The van der Waals surface area contributed by atoms with Crippen molar-refractivity contribution in [3.05, 3.63) is 35.0 Å². The van der Waals surface area contributed by atoms with Crippen LogP contribution in [0.25, 0.3) is 0 Å². The van der Waals surface area contributed by atoms with Crippen LogP contribution in [-0.4, -0.2) is 32.5 Å². The fourth-order valence-electron chi connectivity index (χ4n) is 2.17. The lowest BCUT2D eigenvalue weighted by atomic mass is 10.1. The Labute approximate surface area is 109 Å². The molecule has 19 heavy (non-hydrogen) atoms. The first-order valence-electron chi connectivity index (χ1n) is 5.96. The van der Waals surface area contributed by atoms with Crippen molar-refractivity contribution < 1.29 is 9.32 Å². The Morgan fingerprint density at radius 3 is 3.05 bits per heavy atom. The first-order chi connectivity index (χ1) is 9.15. The van der Waals surface area contributed by atoms with Crippen LogP contribution in [0, 0.1) is 6.92 Å².